The number of hydrogen-bond donors (Lipinski definition) is 0. The second kappa shape index (κ2) is 10.5. The standard InChI is InChI=1S/C5H5.Hf.3HI/c1-2-4-5-3-1;;;;/h1-3H,4H2;;3*1H/q;+3;;;/p-3. The molecule has 0 nitrogen and oxygen atoms in total. The van der Waals surface area contributed by atoms with Crippen molar-refractivity contribution in [1.82, 2.24) is 0 Å². The monoisotopic (exact) mass is 626 g/mol. The predicted molar refractivity (Wildman–Crippen MR) is 21.8 cm³/mol. The van der Waals surface area contributed by atoms with Crippen LogP contribution in [0.2, 0.25) is 0 Å². The third kappa shape index (κ3) is 8.45. The molecule has 0 saturated heterocycles. The van der Waals surface area contributed by atoms with Gasteiger partial charge in [-0.1, -0.05) is 0 Å². The molecule has 0 unspecified atom stereocenters. The molecule has 0 amide bonds. The second-order valence-electron chi connectivity index (χ2n) is 1.32. The molecule has 0 fully saturated rings. The minimum atomic E-state index is 0. The van der Waals surface area contributed by atoms with Crippen molar-refractivity contribution in [2.75, 3.05) is 0 Å². The Morgan fingerprint density at radius 1 is 1.22 bits per heavy atom. The first-order valence-corrected chi connectivity index (χ1v) is 3.76. The van der Waals surface area contributed by atoms with Crippen molar-refractivity contribution in [2.24, 2.45) is 0 Å². The van der Waals surface area contributed by atoms with Crippen molar-refractivity contribution in [3.63, 3.8) is 0 Å². The van der Waals surface area contributed by atoms with Crippen LogP contribution in [0, 0.1) is 0 Å². The van der Waals surface area contributed by atoms with E-state index >= 15 is 0 Å². The third-order valence-corrected chi connectivity index (χ3v) is 2.10. The maximum atomic E-state index is 2.20. The fraction of sp³-hybridized carbons (Fsp3) is 0.200. The van der Waals surface area contributed by atoms with E-state index in [0.717, 1.165) is 0 Å². The normalized spacial score (nSPS) is 12.4. The molecule has 0 N–H and O–H groups in total. The van der Waals surface area contributed by atoms with E-state index in [0.29, 0.717) is 0 Å². The van der Waals surface area contributed by atoms with Crippen molar-refractivity contribution in [2.45, 2.75) is 6.42 Å². The third-order valence-electron chi connectivity index (χ3n) is 0.771. The Balaban J connectivity index is -0.000000120. The van der Waals surface area contributed by atoms with Crippen LogP contribution in [0.15, 0.2) is 21.6 Å². The average Bonchev–Trinajstić information content (AvgIpc) is 1.86. The molecule has 0 bridgehead atoms. The second-order valence-corrected chi connectivity index (χ2v) is 3.63. The summed E-state index contributed by atoms with van der Waals surface area (Å²) in [7, 11) is 0. The quantitative estimate of drug-likeness (QED) is 0.186. The van der Waals surface area contributed by atoms with Crippen LogP contribution in [0.4, 0.5) is 0 Å². The van der Waals surface area contributed by atoms with Gasteiger partial charge in [0.05, 0.1) is 0 Å². The van der Waals surface area contributed by atoms with E-state index in [-0.39, 0.29) is 71.9 Å². The van der Waals surface area contributed by atoms with Crippen LogP contribution in [-0.4, -0.2) is 0 Å². The molecule has 1 aliphatic carbocycles. The fourth-order valence-electron chi connectivity index (χ4n) is 0.447. The summed E-state index contributed by atoms with van der Waals surface area (Å²) in [6, 6.07) is 0. The SMILES string of the molecule is [Hf+3][C]1=CC=CC1.[I-].[I-].[I-]. The van der Waals surface area contributed by atoms with Crippen LogP contribution >= 0.6 is 0 Å². The number of allylic oxidation sites excluding steroid dienone is 4. The van der Waals surface area contributed by atoms with Crippen LogP contribution in [0.3, 0.4) is 0 Å². The first kappa shape index (κ1) is 17.6. The minimum absolute atomic E-state index is 0. The summed E-state index contributed by atoms with van der Waals surface area (Å²) in [5.74, 6) is 0. The van der Waals surface area contributed by atoms with Crippen molar-refractivity contribution in [1.29, 1.82) is 0 Å². The molecule has 0 spiro atoms. The maximum absolute atomic E-state index is 2.20. The largest absolute Gasteiger partial charge is 1.00 e. The van der Waals surface area contributed by atoms with Gasteiger partial charge in [-0.15, -0.1) is 0 Å². The van der Waals surface area contributed by atoms with Crippen molar-refractivity contribution in [3.8, 4) is 0 Å². The Morgan fingerprint density at radius 3 is 1.89 bits per heavy atom. The van der Waals surface area contributed by atoms with E-state index in [2.05, 4.69) is 18.2 Å². The van der Waals surface area contributed by atoms with E-state index in [9.17, 15) is 0 Å². The van der Waals surface area contributed by atoms with Gasteiger partial charge >= 0.3 is 52.4 Å². The Hall–Kier alpha value is 2.54. The predicted octanol–water partition coefficient (Wildman–Crippen LogP) is -7.61. The molecule has 0 atom stereocenters. The molecule has 9 heavy (non-hydrogen) atoms. The zero-order valence-electron chi connectivity index (χ0n) is 4.57. The van der Waals surface area contributed by atoms with Gasteiger partial charge in [0.15, 0.2) is 0 Å². The summed E-state index contributed by atoms with van der Waals surface area (Å²) in [6.45, 7) is 0. The molecule has 1 aliphatic rings. The van der Waals surface area contributed by atoms with Gasteiger partial charge in [0.1, 0.15) is 0 Å². The minimum Gasteiger partial charge on any atom is -1.00 e. The summed E-state index contributed by atoms with van der Waals surface area (Å²) in [6.07, 6.45) is 7.75. The Labute approximate surface area is 122 Å². The zero-order valence-corrected chi connectivity index (χ0v) is 14.6. The van der Waals surface area contributed by atoms with Gasteiger partial charge in [0.2, 0.25) is 0 Å². The Morgan fingerprint density at radius 2 is 1.78 bits per heavy atom. The van der Waals surface area contributed by atoms with Gasteiger partial charge in [0, 0.05) is 0 Å². The first-order chi connectivity index (χ1) is 2.89. The molecule has 0 saturated carbocycles. The summed E-state index contributed by atoms with van der Waals surface area (Å²) in [5, 5.41) is 0. The van der Waals surface area contributed by atoms with Gasteiger partial charge in [-0.25, -0.2) is 0 Å². The van der Waals surface area contributed by atoms with Crippen molar-refractivity contribution in [3.05, 3.63) is 21.6 Å². The van der Waals surface area contributed by atoms with Gasteiger partial charge in [-0.3, -0.25) is 0 Å². The molecule has 0 aromatic heterocycles. The van der Waals surface area contributed by atoms with Crippen LogP contribution < -0.4 is 71.9 Å². The number of hydrogen-bond acceptors (Lipinski definition) is 0. The molecule has 0 radical (unpaired) electrons. The molecule has 1 rings (SSSR count). The number of halogens is 3. The van der Waals surface area contributed by atoms with Crippen LogP contribution in [0.25, 0.3) is 0 Å². The van der Waals surface area contributed by atoms with Crippen molar-refractivity contribution >= 4 is 0 Å². The van der Waals surface area contributed by atoms with Gasteiger partial charge < -0.3 is 71.9 Å². The average molecular weight is 624 g/mol. The molecule has 50 valence electrons. The van der Waals surface area contributed by atoms with E-state index in [1.165, 1.54) is 30.8 Å². The zero-order chi connectivity index (χ0) is 4.41. The summed E-state index contributed by atoms with van der Waals surface area (Å²) in [4.78, 5) is 0. The first-order valence-electron chi connectivity index (χ1n) is 1.97. The Bertz CT molecular complexity index is 109. The smallest absolute Gasteiger partial charge is 1.00 e. The van der Waals surface area contributed by atoms with Gasteiger partial charge in [-0.05, 0) is 0 Å². The van der Waals surface area contributed by atoms with Crippen LogP contribution in [0.1, 0.15) is 6.42 Å². The molecule has 0 heterocycles. The Kier molecular flexibility index (Phi) is 20.6. The fourth-order valence-corrected chi connectivity index (χ4v) is 1.22. The molecular formula is C5H5HfI3. The topological polar surface area (TPSA) is 0 Å². The molecule has 4 heteroatoms. The molecule has 0 aromatic carbocycles. The molecule has 0 aliphatic heterocycles. The van der Waals surface area contributed by atoms with E-state index in [1.54, 1.807) is 3.33 Å². The van der Waals surface area contributed by atoms with Crippen molar-refractivity contribution < 1.29 is 96.3 Å². The molecular weight excluding hydrogens is 619 g/mol. The number of rotatable bonds is 0. The summed E-state index contributed by atoms with van der Waals surface area (Å²) >= 11 is 1.25. The van der Waals surface area contributed by atoms with Gasteiger partial charge in [0.25, 0.3) is 0 Å². The maximum Gasteiger partial charge on any atom is -1.00 e. The van der Waals surface area contributed by atoms with E-state index in [1.807, 2.05) is 0 Å². The van der Waals surface area contributed by atoms with E-state index < -0.39 is 0 Å². The van der Waals surface area contributed by atoms with Gasteiger partial charge in [-0.2, -0.15) is 0 Å². The molecule has 0 aromatic rings. The summed E-state index contributed by atoms with van der Waals surface area (Å²) < 4.78 is 1.61. The van der Waals surface area contributed by atoms with Crippen LogP contribution in [-0.2, 0) is 24.4 Å². The summed E-state index contributed by atoms with van der Waals surface area (Å²) in [5.41, 5.74) is 0. The van der Waals surface area contributed by atoms with Crippen LogP contribution in [0.5, 0.6) is 0 Å². The van der Waals surface area contributed by atoms with E-state index in [4.69, 9.17) is 0 Å².